The summed E-state index contributed by atoms with van der Waals surface area (Å²) < 4.78 is 78.8. The van der Waals surface area contributed by atoms with E-state index in [0.29, 0.717) is 19.6 Å². The first-order valence-electron chi connectivity index (χ1n) is 12.8. The second-order valence-electron chi connectivity index (χ2n) is 10.4. The van der Waals surface area contributed by atoms with Crippen LogP contribution in [0.5, 0.6) is 0 Å². The summed E-state index contributed by atoms with van der Waals surface area (Å²) in [7, 11) is -38.3. The molecule has 0 rings (SSSR count). The lowest BCUT2D eigenvalue weighted by atomic mass is 10.4. The Hall–Kier alpha value is 0.330. The van der Waals surface area contributed by atoms with Gasteiger partial charge in [-0.05, 0) is 0 Å². The first kappa shape index (κ1) is 99.6. The highest BCUT2D eigenvalue weighted by molar-refractivity contribution is 7.50. The molecule has 0 aliphatic rings. The zero-order chi connectivity index (χ0) is 38.0. The van der Waals surface area contributed by atoms with E-state index < -0.39 is 150 Å². The summed E-state index contributed by atoms with van der Waals surface area (Å²) in [6.07, 6.45) is -10.1. The topological polar surface area (TPSA) is 933 Å². The molecule has 0 saturated carbocycles. The van der Waals surface area contributed by atoms with Crippen molar-refractivity contribution >= 4 is 53.2 Å². The fraction of sp³-hybridized carbons (Fsp3) is 1.00. The maximum absolute atomic E-state index is 11.5. The Morgan fingerprint density at radius 1 is 0.213 bits per heavy atom. The van der Waals surface area contributed by atoms with Crippen LogP contribution in [-0.2, 0) is 32.0 Å². The molecule has 0 unspecified atom stereocenters. The van der Waals surface area contributed by atoms with Gasteiger partial charge in [0.1, 0.15) is 0 Å². The maximum atomic E-state index is 11.5. The van der Waals surface area contributed by atoms with Crippen LogP contribution in [0.4, 0.5) is 0 Å². The zero-order valence-electron chi connectivity index (χ0n) is 38.5. The summed E-state index contributed by atoms with van der Waals surface area (Å²) in [6.45, 7) is -5.71. The molecule has 0 aromatic rings. The largest absolute Gasteiger partial charge is 1.00 e. The predicted octanol–water partition coefficient (Wildman–Crippen LogP) is -7.40. The van der Waals surface area contributed by atoms with Crippen molar-refractivity contribution in [2.24, 2.45) is 0 Å². The Balaban J connectivity index is -0.000000121. The van der Waals surface area contributed by atoms with Crippen LogP contribution in [0.1, 0.15) is 1.43 Å². The number of hydrogen-bond donors (Lipinski definition) is 13. The van der Waals surface area contributed by atoms with Gasteiger partial charge in [0, 0.05) is 96.4 Å². The van der Waals surface area contributed by atoms with E-state index in [1.54, 1.807) is 0 Å². The Morgan fingerprint density at radius 2 is 0.295 bits per heavy atom. The summed E-state index contributed by atoms with van der Waals surface area (Å²) >= 11 is 0. The third-order valence-corrected chi connectivity index (χ3v) is 10.8. The lowest BCUT2D eigenvalue weighted by Gasteiger charge is -2.43. The van der Waals surface area contributed by atoms with Crippen LogP contribution in [0.25, 0.3) is 0 Å². The molecule has 52 N–H and O–H groups in total. The standard InChI is InChI=1S/C15H44N5O21P7.13H3N/c21-42(22,23)9-16(1-3-17(10-43(24,25)26)5-7-19(12-45(30,31)32)13-46(33,34)35)2-4-18(11-44(27,28)29)6-8-20(14-47(36,37)38)15-48(39,40)41;;;;;;;;;;;;;/h1-15H2,(H2,21,22,23)(H2,24,25,26)(H2,27,28,29)(H2,30,31,32)(H2,33,34,35)(H2,36,37,38)(H2,39,40,41);13*1H3. The molecule has 0 amide bonds. The molecule has 0 aliphatic heterocycles. The minimum atomic E-state index is -5.47. The van der Waals surface area contributed by atoms with E-state index in [1.165, 1.54) is 0 Å². The second-order valence-corrected chi connectivity index (χ2v) is 20.9. The average molecular weight is 1070 g/mol. The van der Waals surface area contributed by atoms with Gasteiger partial charge in [-0.1, -0.05) is 53.2 Å². The molecule has 0 aromatic heterocycles. The Bertz CT molecular complexity index is 1230. The van der Waals surface area contributed by atoms with Gasteiger partial charge in [0.25, 0.3) is 0 Å². The van der Waals surface area contributed by atoms with Crippen molar-refractivity contribution in [2.45, 2.75) is 0 Å². The first-order valence-corrected chi connectivity index (χ1v) is 24.9. The quantitative estimate of drug-likeness (QED) is 0.0358. The number of nitrogens with zero attached hydrogens (tertiary/aromatic N) is 5. The Morgan fingerprint density at radius 3 is 0.393 bits per heavy atom. The van der Waals surface area contributed by atoms with Crippen molar-refractivity contribution < 1.29 is 102 Å². The fourth-order valence-electron chi connectivity index (χ4n) is 3.98. The Labute approximate surface area is 355 Å². The molecule has 0 fully saturated rings. The second kappa shape index (κ2) is 40.6. The van der Waals surface area contributed by atoms with Gasteiger partial charge in [-0.3, -0.25) is 24.5 Å². The van der Waals surface area contributed by atoms with Crippen molar-refractivity contribution in [3.8, 4) is 0 Å². The SMILES string of the molecule is O=P([O-])([O-])CN(CCN(CCN(CP(=O)([O-])[O-])CP(=O)([O-])[O-])CP(=O)([O-])[O-])CCN(CCN(CP(=O)([O-])[O-])CP(=O)([O-])[O-])CP(=O)([O-])[O-].[H+].[NH4+].[NH4+].[NH4+].[NH4+].[NH4+].[NH4+].[NH4+].[NH4+].[NH4+].[NH4+].[NH4+].[NH4+].[NH4+]. The van der Waals surface area contributed by atoms with Crippen molar-refractivity contribution in [3.05, 3.63) is 0 Å². The van der Waals surface area contributed by atoms with Crippen LogP contribution in [0.15, 0.2) is 0 Å². The van der Waals surface area contributed by atoms with Crippen molar-refractivity contribution in [3.63, 3.8) is 0 Å². The zero-order valence-corrected chi connectivity index (χ0v) is 43.8. The smallest absolute Gasteiger partial charge is 0.810 e. The molecule has 0 spiro atoms. The minimum absolute atomic E-state index is 0. The molecule has 46 heteroatoms. The first-order chi connectivity index (χ1) is 21.1. The monoisotopic (exact) mass is 1070 g/mol. The molecule has 61 heavy (non-hydrogen) atoms. The van der Waals surface area contributed by atoms with Crippen LogP contribution in [0.3, 0.4) is 0 Å². The lowest BCUT2D eigenvalue weighted by molar-refractivity contribution is -0.321. The van der Waals surface area contributed by atoms with Crippen LogP contribution < -0.4 is 148 Å². The summed E-state index contributed by atoms with van der Waals surface area (Å²) in [5.41, 5.74) is 0. The Kier molecular flexibility index (Phi) is 66.3. The minimum Gasteiger partial charge on any atom is -0.810 e. The van der Waals surface area contributed by atoms with Crippen LogP contribution in [0, 0.1) is 0 Å². The van der Waals surface area contributed by atoms with Gasteiger partial charge in [0.05, 0.1) is 0 Å². The van der Waals surface area contributed by atoms with Gasteiger partial charge in [0.15, 0.2) is 0 Å². The van der Waals surface area contributed by atoms with E-state index in [0.717, 1.165) is 4.90 Å². The molecular formula is C15H83N18O21P7. The molecule has 0 bridgehead atoms. The van der Waals surface area contributed by atoms with Gasteiger partial charge in [-0.25, -0.2) is 0 Å². The van der Waals surface area contributed by atoms with Gasteiger partial charge >= 0.3 is 1.43 Å². The predicted molar refractivity (Wildman–Crippen MR) is 214 cm³/mol. The molecule has 394 valence electrons. The third kappa shape index (κ3) is 67.0. The van der Waals surface area contributed by atoms with Gasteiger partial charge < -0.3 is 180 Å². The molecule has 0 radical (unpaired) electrons. The molecular weight excluding hydrogens is 985 g/mol. The summed E-state index contributed by atoms with van der Waals surface area (Å²) in [5, 5.41) is 0. The molecule has 0 saturated heterocycles. The number of rotatable bonds is 26. The molecule has 0 atom stereocenters. The highest BCUT2D eigenvalue weighted by Crippen LogP contribution is 2.33. The van der Waals surface area contributed by atoms with Gasteiger partial charge in [-0.15, -0.1) is 0 Å². The van der Waals surface area contributed by atoms with E-state index >= 15 is 0 Å². The van der Waals surface area contributed by atoms with E-state index in [2.05, 4.69) is 0 Å². The highest BCUT2D eigenvalue weighted by Gasteiger charge is 2.18. The van der Waals surface area contributed by atoms with Gasteiger partial charge in [0.2, 0.25) is 0 Å². The normalized spacial score (nSPS) is 11.6. The molecule has 0 aliphatic carbocycles. The summed E-state index contributed by atoms with van der Waals surface area (Å²) in [4.78, 5) is 160. The van der Waals surface area contributed by atoms with E-state index in [4.69, 9.17) is 0 Å². The van der Waals surface area contributed by atoms with E-state index in [9.17, 15) is 100 Å². The summed E-state index contributed by atoms with van der Waals surface area (Å²) in [5.74, 6) is 0. The lowest BCUT2D eigenvalue weighted by Crippen LogP contribution is -2.47. The molecule has 39 nitrogen and oxygen atoms in total. The third-order valence-electron chi connectivity index (χ3n) is 5.54. The molecule has 0 heterocycles. The number of hydrogen-bond acceptors (Lipinski definition) is 26. The average Bonchev–Trinajstić information content (AvgIpc) is 2.75. The van der Waals surface area contributed by atoms with Crippen LogP contribution in [0.2, 0.25) is 0 Å². The fourth-order valence-corrected chi connectivity index (χ4v) is 9.54. The van der Waals surface area contributed by atoms with E-state index in [1.807, 2.05) is 0 Å². The maximum Gasteiger partial charge on any atom is 1.00 e. The number of quaternary nitrogens is 13. The van der Waals surface area contributed by atoms with Crippen molar-refractivity contribution in [2.75, 3.05) is 96.4 Å². The molecule has 0 aromatic carbocycles. The van der Waals surface area contributed by atoms with Crippen LogP contribution >= 0.6 is 53.2 Å². The van der Waals surface area contributed by atoms with Crippen molar-refractivity contribution in [1.29, 1.82) is 0 Å². The highest BCUT2D eigenvalue weighted by atomic mass is 31.2. The van der Waals surface area contributed by atoms with Crippen LogP contribution in [-0.4, -0.2) is 121 Å². The van der Waals surface area contributed by atoms with Crippen molar-refractivity contribution in [1.82, 2.24) is 104 Å². The van der Waals surface area contributed by atoms with Gasteiger partial charge in [-0.2, -0.15) is 0 Å². The summed E-state index contributed by atoms with van der Waals surface area (Å²) in [6, 6.07) is 0. The van der Waals surface area contributed by atoms with E-state index in [-0.39, 0.29) is 81.4 Å².